The van der Waals surface area contributed by atoms with Crippen LogP contribution in [0.2, 0.25) is 0 Å². The average molecular weight is 275 g/mol. The van der Waals surface area contributed by atoms with Crippen LogP contribution in [0.1, 0.15) is 34.8 Å². The zero-order valence-corrected chi connectivity index (χ0v) is 11.8. The SMILES string of the molecule is Cc1cnn([C@H]2CCCN(C(=O)c3ccsc3)C2)c1. The molecule has 0 bridgehead atoms. The molecular weight excluding hydrogens is 258 g/mol. The Morgan fingerprint density at radius 2 is 2.42 bits per heavy atom. The molecule has 0 saturated carbocycles. The van der Waals surface area contributed by atoms with E-state index in [0.29, 0.717) is 6.04 Å². The van der Waals surface area contributed by atoms with Crippen molar-refractivity contribution in [3.05, 3.63) is 40.3 Å². The van der Waals surface area contributed by atoms with Crippen LogP contribution in [0.25, 0.3) is 0 Å². The molecule has 0 aromatic carbocycles. The fourth-order valence-electron chi connectivity index (χ4n) is 2.56. The summed E-state index contributed by atoms with van der Waals surface area (Å²) >= 11 is 1.57. The number of hydrogen-bond donors (Lipinski definition) is 0. The minimum atomic E-state index is 0.148. The van der Waals surface area contributed by atoms with Gasteiger partial charge in [-0.25, -0.2) is 0 Å². The highest BCUT2D eigenvalue weighted by Gasteiger charge is 2.25. The predicted octanol–water partition coefficient (Wildman–Crippen LogP) is 2.73. The summed E-state index contributed by atoms with van der Waals surface area (Å²) in [5, 5.41) is 8.25. The van der Waals surface area contributed by atoms with Crippen LogP contribution in [0.3, 0.4) is 0 Å². The van der Waals surface area contributed by atoms with Crippen molar-refractivity contribution in [2.24, 2.45) is 0 Å². The number of carbonyl (C=O) groups is 1. The minimum absolute atomic E-state index is 0.148. The largest absolute Gasteiger partial charge is 0.336 e. The molecule has 0 aliphatic carbocycles. The number of carbonyl (C=O) groups excluding carboxylic acids is 1. The molecule has 1 fully saturated rings. The summed E-state index contributed by atoms with van der Waals surface area (Å²) in [5.74, 6) is 0.148. The van der Waals surface area contributed by atoms with Crippen molar-refractivity contribution < 1.29 is 4.79 Å². The van der Waals surface area contributed by atoms with E-state index in [2.05, 4.69) is 11.3 Å². The second-order valence-electron chi connectivity index (χ2n) is 5.06. The quantitative estimate of drug-likeness (QED) is 0.845. The monoisotopic (exact) mass is 275 g/mol. The summed E-state index contributed by atoms with van der Waals surface area (Å²) in [6, 6.07) is 2.21. The lowest BCUT2D eigenvalue weighted by Gasteiger charge is -2.32. The van der Waals surface area contributed by atoms with Crippen molar-refractivity contribution in [2.75, 3.05) is 13.1 Å². The third-order valence-electron chi connectivity index (χ3n) is 3.56. The average Bonchev–Trinajstić information content (AvgIpc) is 3.09. The van der Waals surface area contributed by atoms with Gasteiger partial charge in [-0.1, -0.05) is 0 Å². The van der Waals surface area contributed by atoms with Crippen LogP contribution in [0.4, 0.5) is 0 Å². The molecule has 1 aliphatic heterocycles. The predicted molar refractivity (Wildman–Crippen MR) is 75.5 cm³/mol. The van der Waals surface area contributed by atoms with E-state index in [4.69, 9.17) is 0 Å². The molecule has 2 aromatic heterocycles. The standard InChI is InChI=1S/C14H17N3OS/c1-11-7-15-17(8-11)13-3-2-5-16(9-13)14(18)12-4-6-19-10-12/h4,6-8,10,13H,2-3,5,9H2,1H3/t13-/m0/s1. The van der Waals surface area contributed by atoms with E-state index in [-0.39, 0.29) is 5.91 Å². The van der Waals surface area contributed by atoms with Gasteiger partial charge in [-0.05, 0) is 36.8 Å². The lowest BCUT2D eigenvalue weighted by atomic mass is 10.1. The number of nitrogens with zero attached hydrogens (tertiary/aromatic N) is 3. The Morgan fingerprint density at radius 1 is 1.53 bits per heavy atom. The van der Waals surface area contributed by atoms with Crippen LogP contribution in [0.15, 0.2) is 29.2 Å². The molecule has 0 spiro atoms. The first-order valence-corrected chi connectivity index (χ1v) is 7.50. The van der Waals surface area contributed by atoms with Crippen molar-refractivity contribution in [1.82, 2.24) is 14.7 Å². The lowest BCUT2D eigenvalue weighted by Crippen LogP contribution is -2.40. The Hall–Kier alpha value is -1.62. The van der Waals surface area contributed by atoms with Crippen molar-refractivity contribution in [2.45, 2.75) is 25.8 Å². The fourth-order valence-corrected chi connectivity index (χ4v) is 3.19. The maximum absolute atomic E-state index is 12.3. The Kier molecular flexibility index (Phi) is 3.38. The summed E-state index contributed by atoms with van der Waals surface area (Å²) in [7, 11) is 0. The first-order valence-electron chi connectivity index (χ1n) is 6.56. The minimum Gasteiger partial charge on any atom is -0.336 e. The number of aromatic nitrogens is 2. The number of rotatable bonds is 2. The molecule has 2 aromatic rings. The van der Waals surface area contributed by atoms with E-state index >= 15 is 0 Å². The van der Waals surface area contributed by atoms with Crippen molar-refractivity contribution in [3.63, 3.8) is 0 Å². The second kappa shape index (κ2) is 5.17. The molecule has 19 heavy (non-hydrogen) atoms. The highest BCUT2D eigenvalue weighted by molar-refractivity contribution is 7.08. The molecule has 5 heteroatoms. The van der Waals surface area contributed by atoms with Gasteiger partial charge in [-0.3, -0.25) is 9.48 Å². The van der Waals surface area contributed by atoms with Gasteiger partial charge in [0.15, 0.2) is 0 Å². The molecule has 1 aliphatic rings. The van der Waals surface area contributed by atoms with Gasteiger partial charge < -0.3 is 4.90 Å². The van der Waals surface area contributed by atoms with Crippen molar-refractivity contribution in [3.8, 4) is 0 Å². The maximum Gasteiger partial charge on any atom is 0.254 e. The van der Waals surface area contributed by atoms with Gasteiger partial charge in [0.25, 0.3) is 5.91 Å². The van der Waals surface area contributed by atoms with Gasteiger partial charge in [0, 0.05) is 24.7 Å². The van der Waals surface area contributed by atoms with Crippen molar-refractivity contribution in [1.29, 1.82) is 0 Å². The third-order valence-corrected chi connectivity index (χ3v) is 4.24. The van der Waals surface area contributed by atoms with Crippen LogP contribution in [0, 0.1) is 6.92 Å². The van der Waals surface area contributed by atoms with E-state index in [1.54, 1.807) is 11.3 Å². The summed E-state index contributed by atoms with van der Waals surface area (Å²) in [6.07, 6.45) is 6.07. The van der Waals surface area contributed by atoms with E-state index < -0.39 is 0 Å². The summed E-state index contributed by atoms with van der Waals surface area (Å²) in [4.78, 5) is 14.3. The van der Waals surface area contributed by atoms with E-state index in [1.165, 1.54) is 5.56 Å². The highest BCUT2D eigenvalue weighted by Crippen LogP contribution is 2.23. The maximum atomic E-state index is 12.3. The zero-order valence-electron chi connectivity index (χ0n) is 11.0. The van der Waals surface area contributed by atoms with Crippen molar-refractivity contribution >= 4 is 17.2 Å². The van der Waals surface area contributed by atoms with Gasteiger partial charge in [0.05, 0.1) is 17.8 Å². The third kappa shape index (κ3) is 2.56. The molecule has 1 amide bonds. The van der Waals surface area contributed by atoms with Crippen LogP contribution >= 0.6 is 11.3 Å². The fraction of sp³-hybridized carbons (Fsp3) is 0.429. The van der Waals surface area contributed by atoms with Crippen LogP contribution in [-0.2, 0) is 0 Å². The lowest BCUT2D eigenvalue weighted by molar-refractivity contribution is 0.0673. The van der Waals surface area contributed by atoms with Gasteiger partial charge in [0.2, 0.25) is 0 Å². The number of amides is 1. The number of thiophene rings is 1. The smallest absolute Gasteiger partial charge is 0.254 e. The number of hydrogen-bond acceptors (Lipinski definition) is 3. The van der Waals surface area contributed by atoms with Crippen LogP contribution < -0.4 is 0 Å². The van der Waals surface area contributed by atoms with Crippen LogP contribution in [0.5, 0.6) is 0 Å². The number of aryl methyl sites for hydroxylation is 1. The van der Waals surface area contributed by atoms with Gasteiger partial charge in [-0.15, -0.1) is 0 Å². The molecule has 0 radical (unpaired) electrons. The Morgan fingerprint density at radius 3 is 3.11 bits per heavy atom. The zero-order chi connectivity index (χ0) is 13.2. The Balaban J connectivity index is 1.73. The Labute approximate surface area is 116 Å². The normalized spacial score (nSPS) is 19.6. The molecule has 0 unspecified atom stereocenters. The molecule has 100 valence electrons. The van der Waals surface area contributed by atoms with Gasteiger partial charge in [0.1, 0.15) is 0 Å². The van der Waals surface area contributed by atoms with E-state index in [9.17, 15) is 4.79 Å². The van der Waals surface area contributed by atoms with E-state index in [0.717, 1.165) is 31.5 Å². The van der Waals surface area contributed by atoms with Crippen LogP contribution in [-0.4, -0.2) is 33.7 Å². The summed E-state index contributed by atoms with van der Waals surface area (Å²) < 4.78 is 2.00. The molecule has 0 N–H and O–H groups in total. The number of likely N-dealkylation sites (tertiary alicyclic amines) is 1. The van der Waals surface area contributed by atoms with E-state index in [1.807, 2.05) is 39.5 Å². The summed E-state index contributed by atoms with van der Waals surface area (Å²) in [6.45, 7) is 3.65. The molecule has 1 atom stereocenters. The van der Waals surface area contributed by atoms with Gasteiger partial charge in [-0.2, -0.15) is 16.4 Å². The summed E-state index contributed by atoms with van der Waals surface area (Å²) in [5.41, 5.74) is 1.98. The van der Waals surface area contributed by atoms with Gasteiger partial charge >= 0.3 is 0 Å². The first kappa shape index (κ1) is 12.4. The second-order valence-corrected chi connectivity index (χ2v) is 5.84. The molecule has 3 heterocycles. The molecule has 3 rings (SSSR count). The topological polar surface area (TPSA) is 38.1 Å². The molecule has 4 nitrogen and oxygen atoms in total. The molecular formula is C14H17N3OS. The first-order chi connectivity index (χ1) is 9.24. The highest BCUT2D eigenvalue weighted by atomic mass is 32.1. The molecule has 1 saturated heterocycles. The number of piperidine rings is 1. The Bertz CT molecular complexity index is 561.